The first-order valence-electron chi connectivity index (χ1n) is 8.30. The minimum atomic E-state index is -0.591. The molecule has 0 saturated carbocycles. The Morgan fingerprint density at radius 1 is 1.11 bits per heavy atom. The van der Waals surface area contributed by atoms with Gasteiger partial charge in [0, 0.05) is 5.69 Å². The van der Waals surface area contributed by atoms with Crippen LogP contribution in [0, 0.1) is 0 Å². The minimum Gasteiger partial charge on any atom is -0.479 e. The van der Waals surface area contributed by atoms with Crippen molar-refractivity contribution in [2.24, 2.45) is 0 Å². The lowest BCUT2D eigenvalue weighted by atomic mass is 10.1. The molecule has 27 heavy (non-hydrogen) atoms. The van der Waals surface area contributed by atoms with Crippen molar-refractivity contribution in [3.05, 3.63) is 53.6 Å². The largest absolute Gasteiger partial charge is 0.479 e. The second-order valence-electron chi connectivity index (χ2n) is 6.25. The molecule has 2 aliphatic heterocycles. The predicted molar refractivity (Wildman–Crippen MR) is 95.6 cm³/mol. The molecule has 0 aliphatic carbocycles. The molecular formula is C19H15N3O5. The van der Waals surface area contributed by atoms with E-state index in [-0.39, 0.29) is 17.0 Å². The molecular weight excluding hydrogens is 350 g/mol. The molecule has 0 fully saturated rings. The molecule has 2 N–H and O–H groups in total. The number of imide groups is 1. The van der Waals surface area contributed by atoms with Gasteiger partial charge in [0.05, 0.1) is 16.8 Å². The Bertz CT molecular complexity index is 966. The summed E-state index contributed by atoms with van der Waals surface area (Å²) in [5, 5.41) is 5.31. The smallest absolute Gasteiger partial charge is 0.265 e. The van der Waals surface area contributed by atoms with Crippen LogP contribution in [0.2, 0.25) is 0 Å². The molecule has 2 aromatic carbocycles. The van der Waals surface area contributed by atoms with Crippen molar-refractivity contribution in [1.82, 2.24) is 4.90 Å². The Balaban J connectivity index is 1.47. The monoisotopic (exact) mass is 365 g/mol. The highest BCUT2D eigenvalue weighted by Gasteiger charge is 2.36. The Kier molecular flexibility index (Phi) is 3.88. The first kappa shape index (κ1) is 16.8. The molecule has 2 aliphatic rings. The molecule has 4 amide bonds. The van der Waals surface area contributed by atoms with Crippen LogP contribution in [0.5, 0.6) is 5.75 Å². The first-order chi connectivity index (χ1) is 12.9. The molecule has 0 bridgehead atoms. The van der Waals surface area contributed by atoms with Gasteiger partial charge in [0.1, 0.15) is 12.3 Å². The maximum Gasteiger partial charge on any atom is 0.265 e. The molecule has 0 saturated heterocycles. The normalized spacial score (nSPS) is 17.7. The summed E-state index contributed by atoms with van der Waals surface area (Å²) in [6.45, 7) is 1.24. The number of nitrogens with zero attached hydrogens (tertiary/aromatic N) is 1. The summed E-state index contributed by atoms with van der Waals surface area (Å²) in [5.41, 5.74) is 1.43. The lowest BCUT2D eigenvalue weighted by molar-refractivity contribution is -0.122. The summed E-state index contributed by atoms with van der Waals surface area (Å²) in [4.78, 5) is 49.6. The van der Waals surface area contributed by atoms with Crippen LogP contribution in [0.3, 0.4) is 0 Å². The maximum absolute atomic E-state index is 12.3. The molecule has 2 heterocycles. The van der Waals surface area contributed by atoms with Gasteiger partial charge >= 0.3 is 0 Å². The number of carbonyl (C=O) groups excluding carboxylic acids is 4. The van der Waals surface area contributed by atoms with Crippen LogP contribution in [0.4, 0.5) is 11.4 Å². The van der Waals surface area contributed by atoms with E-state index in [4.69, 9.17) is 4.74 Å². The van der Waals surface area contributed by atoms with Crippen molar-refractivity contribution < 1.29 is 23.9 Å². The van der Waals surface area contributed by atoms with Gasteiger partial charge < -0.3 is 15.4 Å². The van der Waals surface area contributed by atoms with Gasteiger partial charge in [-0.05, 0) is 37.3 Å². The highest BCUT2D eigenvalue weighted by molar-refractivity contribution is 6.22. The van der Waals surface area contributed by atoms with Gasteiger partial charge in [-0.25, -0.2) is 0 Å². The third kappa shape index (κ3) is 2.91. The van der Waals surface area contributed by atoms with E-state index in [0.717, 1.165) is 4.90 Å². The number of fused-ring (bicyclic) bond motifs is 2. The molecule has 0 unspecified atom stereocenters. The fourth-order valence-corrected chi connectivity index (χ4v) is 3.01. The van der Waals surface area contributed by atoms with E-state index in [1.807, 2.05) is 0 Å². The van der Waals surface area contributed by atoms with E-state index < -0.39 is 30.4 Å². The van der Waals surface area contributed by atoms with Crippen molar-refractivity contribution in [3.63, 3.8) is 0 Å². The zero-order valence-corrected chi connectivity index (χ0v) is 14.3. The quantitative estimate of drug-likeness (QED) is 0.805. The predicted octanol–water partition coefficient (Wildman–Crippen LogP) is 1.64. The van der Waals surface area contributed by atoms with Crippen molar-refractivity contribution in [2.75, 3.05) is 17.2 Å². The third-order valence-electron chi connectivity index (χ3n) is 4.37. The average Bonchev–Trinajstić information content (AvgIpc) is 2.88. The Hall–Kier alpha value is -3.68. The van der Waals surface area contributed by atoms with Gasteiger partial charge in [-0.2, -0.15) is 0 Å². The maximum atomic E-state index is 12.3. The molecule has 136 valence electrons. The van der Waals surface area contributed by atoms with E-state index in [1.165, 1.54) is 0 Å². The minimum absolute atomic E-state index is 0.281. The number of rotatable bonds is 3. The summed E-state index contributed by atoms with van der Waals surface area (Å²) < 4.78 is 5.45. The third-order valence-corrected chi connectivity index (χ3v) is 4.37. The van der Waals surface area contributed by atoms with Crippen LogP contribution < -0.4 is 15.4 Å². The SMILES string of the molecule is C[C@@H]1Oc2ccc(NC(=O)CN3C(=O)c4ccccc4C3=O)cc2NC1=O. The lowest BCUT2D eigenvalue weighted by Gasteiger charge is -2.23. The van der Waals surface area contributed by atoms with Gasteiger partial charge in [-0.15, -0.1) is 0 Å². The fourth-order valence-electron chi connectivity index (χ4n) is 3.01. The van der Waals surface area contributed by atoms with Crippen LogP contribution in [0.25, 0.3) is 0 Å². The van der Waals surface area contributed by atoms with Crippen molar-refractivity contribution in [2.45, 2.75) is 13.0 Å². The highest BCUT2D eigenvalue weighted by atomic mass is 16.5. The summed E-state index contributed by atoms with van der Waals surface area (Å²) in [7, 11) is 0. The van der Waals surface area contributed by atoms with Gasteiger partial charge in [-0.3, -0.25) is 24.1 Å². The number of nitrogens with one attached hydrogen (secondary N) is 2. The summed E-state index contributed by atoms with van der Waals surface area (Å²) >= 11 is 0. The Labute approximate surface area is 154 Å². The van der Waals surface area contributed by atoms with Gasteiger partial charge in [0.2, 0.25) is 5.91 Å². The van der Waals surface area contributed by atoms with Crippen molar-refractivity contribution >= 4 is 35.0 Å². The number of hydrogen-bond donors (Lipinski definition) is 2. The van der Waals surface area contributed by atoms with E-state index in [0.29, 0.717) is 17.1 Å². The Morgan fingerprint density at radius 2 is 1.78 bits per heavy atom. The van der Waals surface area contributed by atoms with Gasteiger partial charge in [0.15, 0.2) is 6.10 Å². The molecule has 0 spiro atoms. The van der Waals surface area contributed by atoms with Crippen molar-refractivity contribution in [3.8, 4) is 5.75 Å². The molecule has 8 nitrogen and oxygen atoms in total. The molecule has 2 aromatic rings. The fraction of sp³-hybridized carbons (Fsp3) is 0.158. The highest BCUT2D eigenvalue weighted by Crippen LogP contribution is 2.32. The first-order valence-corrected chi connectivity index (χ1v) is 8.30. The van der Waals surface area contributed by atoms with Gasteiger partial charge in [-0.1, -0.05) is 12.1 Å². The van der Waals surface area contributed by atoms with Crippen molar-refractivity contribution in [1.29, 1.82) is 0 Å². The molecule has 1 atom stereocenters. The summed E-state index contributed by atoms with van der Waals surface area (Å²) in [6.07, 6.45) is -0.591. The summed E-state index contributed by atoms with van der Waals surface area (Å²) in [6, 6.07) is 11.2. The van der Waals surface area contributed by atoms with Gasteiger partial charge in [0.25, 0.3) is 17.7 Å². The number of carbonyl (C=O) groups is 4. The zero-order valence-electron chi connectivity index (χ0n) is 14.3. The number of benzene rings is 2. The van der Waals surface area contributed by atoms with Crippen LogP contribution in [-0.4, -0.2) is 41.2 Å². The van der Waals surface area contributed by atoms with E-state index in [9.17, 15) is 19.2 Å². The number of amides is 4. The molecule has 0 radical (unpaired) electrons. The number of anilines is 2. The zero-order chi connectivity index (χ0) is 19.1. The molecule has 8 heteroatoms. The van der Waals surface area contributed by atoms with E-state index in [2.05, 4.69) is 10.6 Å². The Morgan fingerprint density at radius 3 is 2.44 bits per heavy atom. The average molecular weight is 365 g/mol. The second kappa shape index (κ2) is 6.24. The van der Waals surface area contributed by atoms with Crippen LogP contribution in [0.1, 0.15) is 27.6 Å². The molecule has 0 aromatic heterocycles. The standard InChI is InChI=1S/C19H15N3O5/c1-10-17(24)21-14-8-11(6-7-15(14)27-10)20-16(23)9-22-18(25)12-4-2-3-5-13(12)19(22)26/h2-8,10H,9H2,1H3,(H,20,23)(H,21,24)/t10-/m0/s1. The number of hydrogen-bond acceptors (Lipinski definition) is 5. The van der Waals surface area contributed by atoms with E-state index >= 15 is 0 Å². The van der Waals surface area contributed by atoms with Crippen LogP contribution >= 0.6 is 0 Å². The van der Waals surface area contributed by atoms with Crippen LogP contribution in [0.15, 0.2) is 42.5 Å². The second-order valence-corrected chi connectivity index (χ2v) is 6.25. The number of ether oxygens (including phenoxy) is 1. The summed E-state index contributed by atoms with van der Waals surface area (Å²) in [5.74, 6) is -1.30. The van der Waals surface area contributed by atoms with E-state index in [1.54, 1.807) is 49.4 Å². The van der Waals surface area contributed by atoms with Crippen LogP contribution in [-0.2, 0) is 9.59 Å². The molecule has 4 rings (SSSR count). The topological polar surface area (TPSA) is 105 Å². The lowest BCUT2D eigenvalue weighted by Crippen LogP contribution is -2.37.